The third kappa shape index (κ3) is 3.19. The monoisotopic (exact) mass is 249 g/mol. The van der Waals surface area contributed by atoms with Crippen molar-refractivity contribution in [1.29, 1.82) is 0 Å². The van der Waals surface area contributed by atoms with E-state index in [1.807, 2.05) is 0 Å². The molecule has 1 aromatic heterocycles. The summed E-state index contributed by atoms with van der Waals surface area (Å²) >= 11 is 0. The predicted octanol–water partition coefficient (Wildman–Crippen LogP) is -0.188. The van der Waals surface area contributed by atoms with Crippen LogP contribution in [-0.2, 0) is 11.1 Å². The van der Waals surface area contributed by atoms with Gasteiger partial charge in [-0.3, -0.25) is 0 Å². The molecule has 16 heavy (non-hydrogen) atoms. The molecule has 1 heterocycles. The van der Waals surface area contributed by atoms with Crippen LogP contribution >= 0.6 is 8.17 Å². The fraction of sp³-hybridized carbons (Fsp3) is 0.250. The summed E-state index contributed by atoms with van der Waals surface area (Å²) in [4.78, 5) is 40.3. The van der Waals surface area contributed by atoms with Crippen molar-refractivity contribution in [2.75, 3.05) is 0 Å². The molecule has 0 bridgehead atoms. The van der Waals surface area contributed by atoms with Gasteiger partial charge in [0.2, 0.25) is 0 Å². The number of aromatic nitrogens is 1. The normalized spacial score (nSPS) is 12.5. The Morgan fingerprint density at radius 2 is 2.12 bits per heavy atom. The van der Waals surface area contributed by atoms with Crippen molar-refractivity contribution >= 4 is 14.5 Å². The first kappa shape index (κ1) is 13.0. The van der Waals surface area contributed by atoms with E-state index < -0.39 is 14.8 Å². The van der Waals surface area contributed by atoms with Crippen LogP contribution in [0.5, 0.6) is 5.75 Å². The molecule has 0 saturated heterocycles. The second kappa shape index (κ2) is 4.82. The van der Waals surface area contributed by atoms with Crippen LogP contribution in [0.4, 0.5) is 0 Å². The Balaban J connectivity index is 2.97. The van der Waals surface area contributed by atoms with Gasteiger partial charge < -0.3 is 0 Å². The third-order valence-electron chi connectivity index (χ3n) is 1.90. The van der Waals surface area contributed by atoms with Crippen molar-refractivity contribution in [2.45, 2.75) is 13.5 Å². The van der Waals surface area contributed by atoms with Gasteiger partial charge in [-0.15, -0.1) is 0 Å². The Morgan fingerprint density at radius 1 is 1.50 bits per heavy atom. The van der Waals surface area contributed by atoms with Crippen LogP contribution in [0.25, 0.3) is 0 Å². The second-order valence-electron chi connectivity index (χ2n) is 3.11. The van der Waals surface area contributed by atoms with E-state index in [-0.39, 0.29) is 22.6 Å². The molecule has 0 unspecified atom stereocenters. The van der Waals surface area contributed by atoms with Crippen molar-refractivity contribution < 1.29 is 29.1 Å². The first-order valence-corrected chi connectivity index (χ1v) is 6.04. The van der Waals surface area contributed by atoms with Gasteiger partial charge in [-0.05, 0) is 0 Å². The molecule has 0 aliphatic rings. The molecule has 0 atom stereocenters. The average molecular weight is 249 g/mol. The SMILES string of the molecule is Cc1ncc(CO[PH](O)(O)O)c(C=O)c1O. The Bertz CT molecular complexity index is 402. The Morgan fingerprint density at radius 3 is 2.62 bits per heavy atom. The molecule has 0 spiro atoms. The number of aldehydes is 1. The number of pyridine rings is 1. The van der Waals surface area contributed by atoms with E-state index in [0.29, 0.717) is 6.29 Å². The summed E-state index contributed by atoms with van der Waals surface area (Å²) in [6.45, 7) is 1.08. The summed E-state index contributed by atoms with van der Waals surface area (Å²) in [5, 5.41) is 9.48. The van der Waals surface area contributed by atoms with E-state index in [1.54, 1.807) is 0 Å². The number of carbonyl (C=O) groups excluding carboxylic acids is 1. The van der Waals surface area contributed by atoms with Crippen LogP contribution in [0.1, 0.15) is 21.6 Å². The summed E-state index contributed by atoms with van der Waals surface area (Å²) in [5.41, 5.74) is 0.379. The van der Waals surface area contributed by atoms with Crippen LogP contribution in [0.2, 0.25) is 0 Å². The zero-order valence-corrected chi connectivity index (χ0v) is 9.41. The molecule has 0 amide bonds. The van der Waals surface area contributed by atoms with E-state index in [1.165, 1.54) is 13.1 Å². The molecule has 0 fully saturated rings. The molecule has 0 saturated carbocycles. The van der Waals surface area contributed by atoms with E-state index in [2.05, 4.69) is 9.51 Å². The van der Waals surface area contributed by atoms with Crippen molar-refractivity contribution in [2.24, 2.45) is 0 Å². The third-order valence-corrected chi connectivity index (χ3v) is 2.43. The van der Waals surface area contributed by atoms with Gasteiger partial charge in [0.15, 0.2) is 0 Å². The summed E-state index contributed by atoms with van der Waals surface area (Å²) in [6.07, 6.45) is 1.65. The number of carbonyl (C=O) groups is 1. The Hall–Kier alpha value is -1.11. The number of rotatable bonds is 4. The van der Waals surface area contributed by atoms with E-state index >= 15 is 0 Å². The zero-order chi connectivity index (χ0) is 12.3. The molecule has 1 rings (SSSR count). The van der Waals surface area contributed by atoms with E-state index in [9.17, 15) is 9.90 Å². The molecule has 0 aliphatic carbocycles. The van der Waals surface area contributed by atoms with Crippen molar-refractivity contribution in [1.82, 2.24) is 4.98 Å². The van der Waals surface area contributed by atoms with Crippen LogP contribution < -0.4 is 0 Å². The number of aryl methyl sites for hydroxylation is 1. The fourth-order valence-electron chi connectivity index (χ4n) is 1.07. The van der Waals surface area contributed by atoms with Gasteiger partial charge in [0.05, 0.1) is 0 Å². The van der Waals surface area contributed by atoms with Crippen LogP contribution in [0.15, 0.2) is 6.20 Å². The quantitative estimate of drug-likeness (QED) is 0.431. The second-order valence-corrected chi connectivity index (χ2v) is 4.55. The summed E-state index contributed by atoms with van der Waals surface area (Å²) in [5.74, 6) is -0.294. The number of hydrogen-bond donors (Lipinski definition) is 4. The first-order chi connectivity index (χ1) is 7.35. The van der Waals surface area contributed by atoms with Crippen molar-refractivity contribution in [3.63, 3.8) is 0 Å². The Labute approximate surface area is 91.6 Å². The summed E-state index contributed by atoms with van der Waals surface area (Å²) in [7, 11) is -4.63. The zero-order valence-electron chi connectivity index (χ0n) is 8.41. The number of aromatic hydroxyl groups is 1. The minimum absolute atomic E-state index is 0.0502. The average Bonchev–Trinajstić information content (AvgIpc) is 2.18. The van der Waals surface area contributed by atoms with Gasteiger partial charge in [0.1, 0.15) is 0 Å². The van der Waals surface area contributed by atoms with Crippen molar-refractivity contribution in [3.05, 3.63) is 23.0 Å². The fourth-order valence-corrected chi connectivity index (χ4v) is 1.42. The van der Waals surface area contributed by atoms with Gasteiger partial charge in [0, 0.05) is 0 Å². The van der Waals surface area contributed by atoms with Crippen LogP contribution in [0.3, 0.4) is 0 Å². The molecule has 8 heteroatoms. The molecule has 90 valence electrons. The minimum atomic E-state index is -4.63. The van der Waals surface area contributed by atoms with Gasteiger partial charge in [-0.2, -0.15) is 0 Å². The Kier molecular flexibility index (Phi) is 3.90. The van der Waals surface area contributed by atoms with Crippen LogP contribution in [0, 0.1) is 6.92 Å². The molecule has 0 radical (unpaired) electrons. The molecule has 7 nitrogen and oxygen atoms in total. The molecular weight excluding hydrogens is 237 g/mol. The molecular formula is C8H12NO6P. The number of hydrogen-bond acceptors (Lipinski definition) is 7. The molecule has 1 aromatic rings. The summed E-state index contributed by atoms with van der Waals surface area (Å²) in [6, 6.07) is 0. The maximum atomic E-state index is 10.7. The van der Waals surface area contributed by atoms with Gasteiger partial charge in [-0.1, -0.05) is 0 Å². The number of nitrogens with zero attached hydrogens (tertiary/aromatic N) is 1. The van der Waals surface area contributed by atoms with Crippen molar-refractivity contribution in [3.8, 4) is 5.75 Å². The predicted molar refractivity (Wildman–Crippen MR) is 55.8 cm³/mol. The van der Waals surface area contributed by atoms with Crippen LogP contribution in [-0.4, -0.2) is 31.1 Å². The standard InChI is InChI=1S/C8H12NO6P/c1-5-8(11)7(3-10)6(2-9-5)4-15-16(12,13)14/h2-3,11-14,16H,4H2,1H3. The van der Waals surface area contributed by atoms with Gasteiger partial charge >= 0.3 is 90.8 Å². The van der Waals surface area contributed by atoms with E-state index in [4.69, 9.17) is 14.7 Å². The molecule has 0 aromatic carbocycles. The molecule has 4 N–H and O–H groups in total. The van der Waals surface area contributed by atoms with Gasteiger partial charge in [0.25, 0.3) is 0 Å². The van der Waals surface area contributed by atoms with E-state index in [0.717, 1.165) is 0 Å². The van der Waals surface area contributed by atoms with Gasteiger partial charge in [-0.25, -0.2) is 0 Å². The first-order valence-electron chi connectivity index (χ1n) is 4.29. The maximum absolute atomic E-state index is 10.7. The molecule has 0 aliphatic heterocycles. The topological polar surface area (TPSA) is 120 Å². The summed E-state index contributed by atoms with van der Waals surface area (Å²) < 4.78 is 4.35.